The molecule has 0 saturated carbocycles. The molecule has 0 N–H and O–H groups in total. The monoisotopic (exact) mass is 273 g/mol. The van der Waals surface area contributed by atoms with E-state index < -0.39 is 0 Å². The Morgan fingerprint density at radius 3 is 2.10 bits per heavy atom. The largest absolute Gasteiger partial charge is 0.457 e. The van der Waals surface area contributed by atoms with Gasteiger partial charge in [-0.1, -0.05) is 42.5 Å². The lowest BCUT2D eigenvalue weighted by atomic mass is 10.2. The maximum atomic E-state index is 5.76. The Morgan fingerprint density at radius 2 is 1.38 bits per heavy atom. The predicted molar refractivity (Wildman–Crippen MR) is 86.1 cm³/mol. The van der Waals surface area contributed by atoms with E-state index in [9.17, 15) is 0 Å². The van der Waals surface area contributed by atoms with Crippen LogP contribution in [0.5, 0.6) is 11.5 Å². The lowest BCUT2D eigenvalue weighted by Crippen LogP contribution is -1.83. The Morgan fingerprint density at radius 1 is 0.667 bits per heavy atom. The highest BCUT2D eigenvalue weighted by Gasteiger charge is 1.96. The third kappa shape index (κ3) is 3.80. The molecular weight excluding hydrogens is 258 g/mol. The van der Waals surface area contributed by atoms with Crippen molar-refractivity contribution in [3.05, 3.63) is 90.3 Å². The molecule has 0 saturated heterocycles. The molecule has 0 atom stereocenters. The minimum atomic E-state index is 0.830. The number of hydrogen-bond acceptors (Lipinski definition) is 2. The van der Waals surface area contributed by atoms with E-state index in [-0.39, 0.29) is 0 Å². The molecule has 0 bridgehead atoms. The number of ether oxygens (including phenoxy) is 1. The van der Waals surface area contributed by atoms with Crippen molar-refractivity contribution >= 4 is 12.2 Å². The van der Waals surface area contributed by atoms with Gasteiger partial charge in [0.05, 0.1) is 5.69 Å². The third-order valence-electron chi connectivity index (χ3n) is 2.99. The van der Waals surface area contributed by atoms with E-state index in [0.717, 1.165) is 22.8 Å². The van der Waals surface area contributed by atoms with Gasteiger partial charge in [0.2, 0.25) is 0 Å². The van der Waals surface area contributed by atoms with Crippen LogP contribution in [0.25, 0.3) is 12.2 Å². The fourth-order valence-corrected chi connectivity index (χ4v) is 1.93. The smallest absolute Gasteiger partial charge is 0.127 e. The van der Waals surface area contributed by atoms with Gasteiger partial charge in [0, 0.05) is 6.20 Å². The van der Waals surface area contributed by atoms with Gasteiger partial charge in [0.25, 0.3) is 0 Å². The summed E-state index contributed by atoms with van der Waals surface area (Å²) < 4.78 is 5.76. The topological polar surface area (TPSA) is 22.1 Å². The highest BCUT2D eigenvalue weighted by atomic mass is 16.5. The summed E-state index contributed by atoms with van der Waals surface area (Å²) >= 11 is 0. The molecule has 0 aliphatic rings. The number of aromatic nitrogens is 1. The molecule has 0 aliphatic carbocycles. The molecule has 0 unspecified atom stereocenters. The lowest BCUT2D eigenvalue weighted by molar-refractivity contribution is 0.482. The van der Waals surface area contributed by atoms with E-state index in [0.29, 0.717) is 0 Å². The van der Waals surface area contributed by atoms with Crippen LogP contribution >= 0.6 is 0 Å². The zero-order valence-corrected chi connectivity index (χ0v) is 11.5. The summed E-state index contributed by atoms with van der Waals surface area (Å²) in [6.45, 7) is 0. The van der Waals surface area contributed by atoms with Crippen LogP contribution in [0.15, 0.2) is 79.0 Å². The van der Waals surface area contributed by atoms with Crippen molar-refractivity contribution in [1.29, 1.82) is 0 Å². The first-order chi connectivity index (χ1) is 10.4. The maximum Gasteiger partial charge on any atom is 0.127 e. The zero-order chi connectivity index (χ0) is 14.3. The quantitative estimate of drug-likeness (QED) is 0.664. The van der Waals surface area contributed by atoms with Gasteiger partial charge in [0.1, 0.15) is 11.5 Å². The molecule has 1 aromatic heterocycles. The van der Waals surface area contributed by atoms with Crippen LogP contribution in [-0.4, -0.2) is 4.98 Å². The number of benzene rings is 2. The second-order valence-corrected chi connectivity index (χ2v) is 4.57. The summed E-state index contributed by atoms with van der Waals surface area (Å²) in [6, 6.07) is 23.6. The Bertz CT molecular complexity index is 704. The van der Waals surface area contributed by atoms with E-state index in [4.69, 9.17) is 4.74 Å². The lowest BCUT2D eigenvalue weighted by Gasteiger charge is -2.05. The van der Waals surface area contributed by atoms with Gasteiger partial charge >= 0.3 is 0 Å². The minimum Gasteiger partial charge on any atom is -0.457 e. The van der Waals surface area contributed by atoms with Gasteiger partial charge in [0.15, 0.2) is 0 Å². The van der Waals surface area contributed by atoms with Crippen molar-refractivity contribution in [3.8, 4) is 11.5 Å². The normalized spacial score (nSPS) is 10.7. The number of hydrogen-bond donors (Lipinski definition) is 0. The summed E-state index contributed by atoms with van der Waals surface area (Å²) in [7, 11) is 0. The van der Waals surface area contributed by atoms with Gasteiger partial charge in [-0.2, -0.15) is 0 Å². The van der Waals surface area contributed by atoms with E-state index in [1.807, 2.05) is 84.9 Å². The SMILES string of the molecule is C(=C\c1ccccn1)/c1ccc(Oc2ccccc2)cc1. The van der Waals surface area contributed by atoms with Gasteiger partial charge < -0.3 is 4.74 Å². The summed E-state index contributed by atoms with van der Waals surface area (Å²) in [5, 5.41) is 0. The van der Waals surface area contributed by atoms with Crippen LogP contribution in [0.3, 0.4) is 0 Å². The molecule has 2 nitrogen and oxygen atoms in total. The fourth-order valence-electron chi connectivity index (χ4n) is 1.93. The van der Waals surface area contributed by atoms with Crippen LogP contribution in [0.2, 0.25) is 0 Å². The molecule has 2 heteroatoms. The number of nitrogens with zero attached hydrogens (tertiary/aromatic N) is 1. The number of rotatable bonds is 4. The average Bonchev–Trinajstić information content (AvgIpc) is 2.56. The molecule has 0 amide bonds. The first kappa shape index (κ1) is 13.1. The Kier molecular flexibility index (Phi) is 4.08. The molecule has 0 fully saturated rings. The molecule has 102 valence electrons. The first-order valence-corrected chi connectivity index (χ1v) is 6.82. The molecule has 21 heavy (non-hydrogen) atoms. The van der Waals surface area contributed by atoms with Crippen molar-refractivity contribution in [2.24, 2.45) is 0 Å². The van der Waals surface area contributed by atoms with Crippen LogP contribution in [0, 0.1) is 0 Å². The highest BCUT2D eigenvalue weighted by molar-refractivity contribution is 5.68. The minimum absolute atomic E-state index is 0.830. The highest BCUT2D eigenvalue weighted by Crippen LogP contribution is 2.21. The van der Waals surface area contributed by atoms with Crippen molar-refractivity contribution in [3.63, 3.8) is 0 Å². The van der Waals surface area contributed by atoms with E-state index in [1.165, 1.54) is 0 Å². The Labute approximate surface area is 124 Å². The van der Waals surface area contributed by atoms with E-state index in [2.05, 4.69) is 4.98 Å². The first-order valence-electron chi connectivity index (χ1n) is 6.82. The van der Waals surface area contributed by atoms with Gasteiger partial charge in [-0.05, 0) is 48.0 Å². The summed E-state index contributed by atoms with van der Waals surface area (Å²) in [5.41, 5.74) is 2.06. The van der Waals surface area contributed by atoms with Crippen molar-refractivity contribution in [2.45, 2.75) is 0 Å². The molecule has 2 aromatic carbocycles. The summed E-state index contributed by atoms with van der Waals surface area (Å²) in [5.74, 6) is 1.67. The second kappa shape index (κ2) is 6.53. The van der Waals surface area contributed by atoms with Gasteiger partial charge in [-0.15, -0.1) is 0 Å². The Hall–Kier alpha value is -2.87. The third-order valence-corrected chi connectivity index (χ3v) is 2.99. The number of para-hydroxylation sites is 1. The molecule has 0 spiro atoms. The molecular formula is C19H15NO. The van der Waals surface area contributed by atoms with Crippen LogP contribution < -0.4 is 4.74 Å². The van der Waals surface area contributed by atoms with Crippen LogP contribution in [0.4, 0.5) is 0 Å². The van der Waals surface area contributed by atoms with Crippen LogP contribution in [0.1, 0.15) is 11.3 Å². The van der Waals surface area contributed by atoms with Gasteiger partial charge in [-0.3, -0.25) is 4.98 Å². The second-order valence-electron chi connectivity index (χ2n) is 4.57. The van der Waals surface area contributed by atoms with E-state index in [1.54, 1.807) is 6.20 Å². The standard InChI is InChI=1S/C19H15NO/c1-2-7-18(8-3-1)21-19-13-10-16(11-14-19)9-12-17-6-4-5-15-20-17/h1-15H/b12-9+. The molecule has 3 rings (SSSR count). The maximum absolute atomic E-state index is 5.76. The summed E-state index contributed by atoms with van der Waals surface area (Å²) in [4.78, 5) is 4.26. The van der Waals surface area contributed by atoms with Crippen LogP contribution in [-0.2, 0) is 0 Å². The Balaban J connectivity index is 1.68. The van der Waals surface area contributed by atoms with Crippen molar-refractivity contribution < 1.29 is 4.74 Å². The van der Waals surface area contributed by atoms with Gasteiger partial charge in [-0.25, -0.2) is 0 Å². The van der Waals surface area contributed by atoms with Crippen molar-refractivity contribution in [2.75, 3.05) is 0 Å². The molecule has 0 aliphatic heterocycles. The molecule has 0 radical (unpaired) electrons. The zero-order valence-electron chi connectivity index (χ0n) is 11.5. The fraction of sp³-hybridized carbons (Fsp3) is 0. The number of pyridine rings is 1. The summed E-state index contributed by atoms with van der Waals surface area (Å²) in [6.07, 6.45) is 5.82. The average molecular weight is 273 g/mol. The predicted octanol–water partition coefficient (Wildman–Crippen LogP) is 5.04. The molecule has 3 aromatic rings. The molecule has 1 heterocycles. The van der Waals surface area contributed by atoms with E-state index >= 15 is 0 Å². The van der Waals surface area contributed by atoms with Crippen molar-refractivity contribution in [1.82, 2.24) is 4.98 Å².